The molecule has 1 atom stereocenters. The van der Waals surface area contributed by atoms with Crippen LogP contribution in [0, 0.1) is 12.8 Å². The van der Waals surface area contributed by atoms with E-state index in [2.05, 4.69) is 27.0 Å². The lowest BCUT2D eigenvalue weighted by atomic mass is 9.92. The Labute approximate surface area is 140 Å². The van der Waals surface area contributed by atoms with Crippen LogP contribution < -0.4 is 9.64 Å². The molecule has 1 aliphatic rings. The van der Waals surface area contributed by atoms with Crippen LogP contribution in [0.3, 0.4) is 0 Å². The Bertz CT molecular complexity index is 623. The Morgan fingerprint density at radius 3 is 2.74 bits per heavy atom. The molecule has 2 aromatic rings. The normalized spacial score (nSPS) is 17.3. The average Bonchev–Trinajstić information content (AvgIpc) is 3.03. The molecule has 0 aromatic carbocycles. The van der Waals surface area contributed by atoms with Gasteiger partial charge in [-0.25, -0.2) is 4.98 Å². The summed E-state index contributed by atoms with van der Waals surface area (Å²) in [6, 6.07) is 4.04. The number of rotatable bonds is 5. The molecular formula is C16H22N4O2S. The summed E-state index contributed by atoms with van der Waals surface area (Å²) in [5, 5.41) is 19.9. The molecule has 124 valence electrons. The lowest BCUT2D eigenvalue weighted by molar-refractivity contribution is 0.132. The summed E-state index contributed by atoms with van der Waals surface area (Å²) < 4.78 is 5.94. The number of hydrogen-bond donors (Lipinski definition) is 1. The maximum absolute atomic E-state index is 9.06. The van der Waals surface area contributed by atoms with Crippen molar-refractivity contribution in [2.75, 3.05) is 18.0 Å². The Balaban J connectivity index is 1.52. The number of nitrogens with zero attached hydrogens (tertiary/aromatic N) is 4. The van der Waals surface area contributed by atoms with Gasteiger partial charge in [0.05, 0.1) is 18.0 Å². The van der Waals surface area contributed by atoms with Gasteiger partial charge in [0.2, 0.25) is 0 Å². The predicted octanol–water partition coefficient (Wildman–Crippen LogP) is 2.42. The third-order valence-corrected chi connectivity index (χ3v) is 5.07. The molecule has 1 unspecified atom stereocenters. The molecule has 2 aromatic heterocycles. The van der Waals surface area contributed by atoms with Crippen molar-refractivity contribution in [3.63, 3.8) is 0 Å². The third kappa shape index (κ3) is 3.97. The fourth-order valence-corrected chi connectivity index (χ4v) is 3.57. The van der Waals surface area contributed by atoms with E-state index < -0.39 is 0 Å². The van der Waals surface area contributed by atoms with Crippen molar-refractivity contribution in [3.05, 3.63) is 28.9 Å². The summed E-state index contributed by atoms with van der Waals surface area (Å²) in [6.07, 6.45) is 2.25. The molecule has 1 saturated heterocycles. The van der Waals surface area contributed by atoms with E-state index in [1.165, 1.54) is 11.3 Å². The van der Waals surface area contributed by atoms with Crippen molar-refractivity contribution >= 4 is 17.2 Å². The molecular weight excluding hydrogens is 312 g/mol. The lowest BCUT2D eigenvalue weighted by Gasteiger charge is -2.34. The zero-order valence-electron chi connectivity index (χ0n) is 13.5. The maximum atomic E-state index is 9.06. The lowest BCUT2D eigenvalue weighted by Crippen LogP contribution is -2.39. The van der Waals surface area contributed by atoms with E-state index in [-0.39, 0.29) is 12.7 Å². The zero-order chi connectivity index (χ0) is 16.2. The molecule has 7 heteroatoms. The second-order valence-electron chi connectivity index (χ2n) is 5.94. The standard InChI is InChI=1S/C16H22N4O2S/c1-11-3-4-15(19-18-11)20-7-5-13(6-8-20)12(2)22-16-17-14(9-21)10-23-16/h3-4,10,12-13,21H,5-9H2,1-2H3. The van der Waals surface area contributed by atoms with Crippen LogP contribution in [-0.4, -0.2) is 39.5 Å². The summed E-state index contributed by atoms with van der Waals surface area (Å²) in [6.45, 7) is 5.95. The third-order valence-electron chi connectivity index (χ3n) is 4.29. The highest BCUT2D eigenvalue weighted by Gasteiger charge is 2.26. The van der Waals surface area contributed by atoms with Gasteiger partial charge in [0.15, 0.2) is 5.82 Å². The van der Waals surface area contributed by atoms with E-state index in [1.807, 2.05) is 24.4 Å². The van der Waals surface area contributed by atoms with Gasteiger partial charge in [-0.05, 0) is 44.7 Å². The number of anilines is 1. The van der Waals surface area contributed by atoms with Crippen molar-refractivity contribution in [1.29, 1.82) is 0 Å². The van der Waals surface area contributed by atoms with Crippen LogP contribution in [0.5, 0.6) is 5.19 Å². The molecule has 6 nitrogen and oxygen atoms in total. The number of aromatic nitrogens is 3. The highest BCUT2D eigenvalue weighted by Crippen LogP contribution is 2.28. The van der Waals surface area contributed by atoms with Crippen molar-refractivity contribution in [1.82, 2.24) is 15.2 Å². The molecule has 1 fully saturated rings. The number of hydrogen-bond acceptors (Lipinski definition) is 7. The molecule has 0 saturated carbocycles. The van der Waals surface area contributed by atoms with E-state index in [1.54, 1.807) is 0 Å². The van der Waals surface area contributed by atoms with Gasteiger partial charge >= 0.3 is 0 Å². The minimum absolute atomic E-state index is 0.0375. The van der Waals surface area contributed by atoms with Gasteiger partial charge in [-0.1, -0.05) is 11.3 Å². The van der Waals surface area contributed by atoms with Crippen LogP contribution in [0.25, 0.3) is 0 Å². The quantitative estimate of drug-likeness (QED) is 0.905. The fourth-order valence-electron chi connectivity index (χ4n) is 2.83. The van der Waals surface area contributed by atoms with Gasteiger partial charge in [-0.3, -0.25) is 0 Å². The SMILES string of the molecule is Cc1ccc(N2CCC(C(C)Oc3nc(CO)cs3)CC2)nn1. The molecule has 0 bridgehead atoms. The summed E-state index contributed by atoms with van der Waals surface area (Å²) in [5.74, 6) is 1.46. The first-order valence-electron chi connectivity index (χ1n) is 7.93. The number of thiazole rings is 1. The smallest absolute Gasteiger partial charge is 0.273 e. The Morgan fingerprint density at radius 1 is 1.35 bits per heavy atom. The van der Waals surface area contributed by atoms with E-state index in [9.17, 15) is 0 Å². The maximum Gasteiger partial charge on any atom is 0.273 e. The van der Waals surface area contributed by atoms with Crippen LogP contribution in [0.2, 0.25) is 0 Å². The number of aliphatic hydroxyl groups is 1. The summed E-state index contributed by atoms with van der Waals surface area (Å²) in [7, 11) is 0. The first-order valence-corrected chi connectivity index (χ1v) is 8.81. The molecule has 1 N–H and O–H groups in total. The Hall–Kier alpha value is -1.73. The van der Waals surface area contributed by atoms with E-state index in [4.69, 9.17) is 9.84 Å². The zero-order valence-corrected chi connectivity index (χ0v) is 14.3. The topological polar surface area (TPSA) is 71.4 Å². The Morgan fingerprint density at radius 2 is 2.13 bits per heavy atom. The van der Waals surface area contributed by atoms with Crippen molar-refractivity contribution in [3.8, 4) is 5.19 Å². The fraction of sp³-hybridized carbons (Fsp3) is 0.562. The first-order chi connectivity index (χ1) is 11.2. The van der Waals surface area contributed by atoms with Crippen LogP contribution >= 0.6 is 11.3 Å². The molecule has 1 aliphatic heterocycles. The number of aliphatic hydroxyl groups excluding tert-OH is 1. The molecule has 0 amide bonds. The highest BCUT2D eigenvalue weighted by molar-refractivity contribution is 7.11. The van der Waals surface area contributed by atoms with Gasteiger partial charge in [0.1, 0.15) is 6.10 Å². The first kappa shape index (κ1) is 16.1. The minimum Gasteiger partial charge on any atom is -0.467 e. The summed E-state index contributed by atoms with van der Waals surface area (Å²) in [5.41, 5.74) is 1.61. The molecule has 3 heterocycles. The second kappa shape index (κ2) is 7.23. The monoisotopic (exact) mass is 334 g/mol. The van der Waals surface area contributed by atoms with Gasteiger partial charge in [-0.15, -0.1) is 5.10 Å². The summed E-state index contributed by atoms with van der Waals surface area (Å²) >= 11 is 1.44. The van der Waals surface area contributed by atoms with Crippen LogP contribution in [0.1, 0.15) is 31.2 Å². The van der Waals surface area contributed by atoms with Gasteiger partial charge in [0, 0.05) is 18.5 Å². The largest absolute Gasteiger partial charge is 0.467 e. The van der Waals surface area contributed by atoms with Gasteiger partial charge < -0.3 is 14.7 Å². The average molecular weight is 334 g/mol. The van der Waals surface area contributed by atoms with Gasteiger partial charge in [-0.2, -0.15) is 5.10 Å². The highest BCUT2D eigenvalue weighted by atomic mass is 32.1. The molecule has 0 spiro atoms. The number of piperidine rings is 1. The van der Waals surface area contributed by atoms with E-state index in [0.29, 0.717) is 16.8 Å². The molecule has 0 radical (unpaired) electrons. The molecule has 23 heavy (non-hydrogen) atoms. The number of ether oxygens (including phenoxy) is 1. The van der Waals surface area contributed by atoms with Crippen LogP contribution in [0.4, 0.5) is 5.82 Å². The number of aryl methyl sites for hydroxylation is 1. The van der Waals surface area contributed by atoms with E-state index >= 15 is 0 Å². The minimum atomic E-state index is -0.0375. The predicted molar refractivity (Wildman–Crippen MR) is 89.8 cm³/mol. The van der Waals surface area contributed by atoms with Crippen molar-refractivity contribution in [2.45, 2.75) is 39.4 Å². The van der Waals surface area contributed by atoms with Gasteiger partial charge in [0.25, 0.3) is 5.19 Å². The molecule has 3 rings (SSSR count). The Kier molecular flexibility index (Phi) is 5.07. The van der Waals surface area contributed by atoms with Crippen LogP contribution in [-0.2, 0) is 6.61 Å². The van der Waals surface area contributed by atoms with Crippen molar-refractivity contribution < 1.29 is 9.84 Å². The molecule has 0 aliphatic carbocycles. The van der Waals surface area contributed by atoms with E-state index in [0.717, 1.165) is 37.4 Å². The second-order valence-corrected chi connectivity index (χ2v) is 6.76. The summed E-state index contributed by atoms with van der Waals surface area (Å²) in [4.78, 5) is 6.53. The van der Waals surface area contributed by atoms with Crippen molar-refractivity contribution in [2.24, 2.45) is 5.92 Å². The van der Waals surface area contributed by atoms with Crippen LogP contribution in [0.15, 0.2) is 17.5 Å².